The molecule has 2 aromatic rings. The Morgan fingerprint density at radius 2 is 2.13 bits per heavy atom. The maximum absolute atomic E-state index is 11.9. The third-order valence-electron chi connectivity index (χ3n) is 3.22. The molecule has 1 aromatic carbocycles. The Labute approximate surface area is 133 Å². The van der Waals surface area contributed by atoms with Crippen LogP contribution in [0.3, 0.4) is 0 Å². The highest BCUT2D eigenvalue weighted by Gasteiger charge is 2.13. The molecule has 3 rings (SSSR count). The van der Waals surface area contributed by atoms with Crippen LogP contribution in [-0.4, -0.2) is 29.2 Å². The van der Waals surface area contributed by atoms with Gasteiger partial charge in [-0.15, -0.1) is 6.58 Å². The molecular weight excluding hydrogens is 296 g/mol. The number of carbonyl (C=O) groups excluding carboxylic acids is 1. The van der Waals surface area contributed by atoms with Gasteiger partial charge in [-0.05, 0) is 17.7 Å². The number of nitrogens with zero attached hydrogens (tertiary/aromatic N) is 2. The molecule has 0 bridgehead atoms. The molecule has 1 amide bonds. The smallest absolute Gasteiger partial charge is 0.270 e. The van der Waals surface area contributed by atoms with E-state index < -0.39 is 0 Å². The minimum atomic E-state index is -0.265. The van der Waals surface area contributed by atoms with Crippen molar-refractivity contribution in [2.75, 3.05) is 18.7 Å². The van der Waals surface area contributed by atoms with Crippen molar-refractivity contribution in [1.29, 1.82) is 0 Å². The second-order valence-electron chi connectivity index (χ2n) is 4.83. The molecule has 0 atom stereocenters. The zero-order valence-corrected chi connectivity index (χ0v) is 12.4. The molecule has 118 valence electrons. The van der Waals surface area contributed by atoms with Crippen LogP contribution in [0.4, 0.5) is 5.82 Å². The number of rotatable bonds is 6. The van der Waals surface area contributed by atoms with Crippen LogP contribution in [0, 0.1) is 0 Å². The van der Waals surface area contributed by atoms with E-state index in [2.05, 4.69) is 27.2 Å². The molecule has 0 saturated heterocycles. The molecular formula is C16H16N4O3. The molecule has 0 radical (unpaired) electrons. The van der Waals surface area contributed by atoms with E-state index in [0.29, 0.717) is 24.6 Å². The molecule has 0 saturated carbocycles. The van der Waals surface area contributed by atoms with Crippen LogP contribution in [0.2, 0.25) is 0 Å². The lowest BCUT2D eigenvalue weighted by molar-refractivity contribution is 0.0953. The van der Waals surface area contributed by atoms with E-state index in [1.54, 1.807) is 12.1 Å². The first-order valence-electron chi connectivity index (χ1n) is 7.10. The van der Waals surface area contributed by atoms with Gasteiger partial charge in [0.15, 0.2) is 11.5 Å². The molecule has 1 aliphatic rings. The third kappa shape index (κ3) is 3.57. The van der Waals surface area contributed by atoms with Crippen molar-refractivity contribution in [2.24, 2.45) is 0 Å². The van der Waals surface area contributed by atoms with Gasteiger partial charge in [-0.3, -0.25) is 4.79 Å². The van der Waals surface area contributed by atoms with E-state index in [0.717, 1.165) is 17.1 Å². The Balaban J connectivity index is 1.64. The highest BCUT2D eigenvalue weighted by atomic mass is 16.7. The summed E-state index contributed by atoms with van der Waals surface area (Å²) in [6.07, 6.45) is 2.96. The highest BCUT2D eigenvalue weighted by Crippen LogP contribution is 2.32. The van der Waals surface area contributed by atoms with Gasteiger partial charge in [0.1, 0.15) is 17.8 Å². The summed E-state index contributed by atoms with van der Waals surface area (Å²) in [5.41, 5.74) is 1.32. The summed E-state index contributed by atoms with van der Waals surface area (Å²) < 4.78 is 10.6. The van der Waals surface area contributed by atoms with Gasteiger partial charge in [-0.1, -0.05) is 12.1 Å². The van der Waals surface area contributed by atoms with Crippen molar-refractivity contribution >= 4 is 11.7 Å². The standard InChI is InChI=1S/C16H16N4O3/c1-2-5-17-16(21)12-7-15(20-9-19-12)18-8-11-3-4-13-14(6-11)23-10-22-13/h2-4,6-7,9H,1,5,8,10H2,(H,17,21)(H,18,19,20). The van der Waals surface area contributed by atoms with Crippen molar-refractivity contribution in [3.05, 3.63) is 54.5 Å². The minimum Gasteiger partial charge on any atom is -0.454 e. The van der Waals surface area contributed by atoms with E-state index in [1.165, 1.54) is 6.33 Å². The Morgan fingerprint density at radius 1 is 1.26 bits per heavy atom. The average Bonchev–Trinajstić information content (AvgIpc) is 3.06. The summed E-state index contributed by atoms with van der Waals surface area (Å²) >= 11 is 0. The van der Waals surface area contributed by atoms with Crippen molar-refractivity contribution in [3.63, 3.8) is 0 Å². The minimum absolute atomic E-state index is 0.251. The largest absolute Gasteiger partial charge is 0.454 e. The number of hydrogen-bond acceptors (Lipinski definition) is 6. The quantitative estimate of drug-likeness (QED) is 0.790. The Hall–Kier alpha value is -3.09. The number of nitrogens with one attached hydrogen (secondary N) is 2. The molecule has 0 unspecified atom stereocenters. The van der Waals surface area contributed by atoms with Crippen molar-refractivity contribution in [2.45, 2.75) is 6.54 Å². The molecule has 7 nitrogen and oxygen atoms in total. The normalized spacial score (nSPS) is 11.8. The van der Waals surface area contributed by atoms with Gasteiger partial charge < -0.3 is 20.1 Å². The molecule has 7 heteroatoms. The van der Waals surface area contributed by atoms with Crippen molar-refractivity contribution in [1.82, 2.24) is 15.3 Å². The summed E-state index contributed by atoms with van der Waals surface area (Å²) in [4.78, 5) is 19.9. The summed E-state index contributed by atoms with van der Waals surface area (Å²) in [5.74, 6) is 1.79. The SMILES string of the molecule is C=CCNC(=O)c1cc(NCc2ccc3c(c2)OCO3)ncn1. The number of aromatic nitrogens is 2. The van der Waals surface area contributed by atoms with Gasteiger partial charge in [-0.25, -0.2) is 9.97 Å². The Morgan fingerprint density at radius 3 is 3.00 bits per heavy atom. The lowest BCUT2D eigenvalue weighted by atomic mass is 10.2. The van der Waals surface area contributed by atoms with Gasteiger partial charge in [0, 0.05) is 19.2 Å². The van der Waals surface area contributed by atoms with E-state index in [1.807, 2.05) is 18.2 Å². The van der Waals surface area contributed by atoms with Gasteiger partial charge in [0.25, 0.3) is 5.91 Å². The van der Waals surface area contributed by atoms with E-state index in [-0.39, 0.29) is 12.7 Å². The number of hydrogen-bond donors (Lipinski definition) is 2. The van der Waals surface area contributed by atoms with Crippen LogP contribution in [0.25, 0.3) is 0 Å². The predicted molar refractivity (Wildman–Crippen MR) is 84.5 cm³/mol. The van der Waals surface area contributed by atoms with E-state index >= 15 is 0 Å². The number of carbonyl (C=O) groups is 1. The predicted octanol–water partition coefficient (Wildman–Crippen LogP) is 1.73. The van der Waals surface area contributed by atoms with Gasteiger partial charge >= 0.3 is 0 Å². The number of anilines is 1. The first-order chi connectivity index (χ1) is 11.3. The third-order valence-corrected chi connectivity index (χ3v) is 3.22. The fourth-order valence-corrected chi connectivity index (χ4v) is 2.08. The Bertz CT molecular complexity index is 733. The lowest BCUT2D eigenvalue weighted by Gasteiger charge is -2.08. The van der Waals surface area contributed by atoms with Crippen LogP contribution in [0.5, 0.6) is 11.5 Å². The summed E-state index contributed by atoms with van der Waals surface area (Å²) in [5, 5.41) is 5.83. The average molecular weight is 312 g/mol. The number of benzene rings is 1. The molecule has 1 aromatic heterocycles. The summed E-state index contributed by atoms with van der Waals surface area (Å²) in [6.45, 7) is 4.74. The molecule has 23 heavy (non-hydrogen) atoms. The Kier molecular flexibility index (Phi) is 4.37. The fraction of sp³-hybridized carbons (Fsp3) is 0.188. The molecule has 2 heterocycles. The van der Waals surface area contributed by atoms with Crippen LogP contribution < -0.4 is 20.1 Å². The fourth-order valence-electron chi connectivity index (χ4n) is 2.08. The topological polar surface area (TPSA) is 85.4 Å². The molecule has 0 spiro atoms. The van der Waals surface area contributed by atoms with E-state index in [4.69, 9.17) is 9.47 Å². The van der Waals surface area contributed by atoms with Gasteiger partial charge in [0.05, 0.1) is 0 Å². The molecule has 1 aliphatic heterocycles. The maximum Gasteiger partial charge on any atom is 0.270 e. The van der Waals surface area contributed by atoms with Crippen LogP contribution in [-0.2, 0) is 6.54 Å². The zero-order chi connectivity index (χ0) is 16.1. The first kappa shape index (κ1) is 14.8. The van der Waals surface area contributed by atoms with Crippen molar-refractivity contribution in [3.8, 4) is 11.5 Å². The first-order valence-corrected chi connectivity index (χ1v) is 7.10. The molecule has 0 aliphatic carbocycles. The van der Waals surface area contributed by atoms with Crippen LogP contribution >= 0.6 is 0 Å². The summed E-state index contributed by atoms with van der Waals surface area (Å²) in [7, 11) is 0. The maximum atomic E-state index is 11.9. The monoisotopic (exact) mass is 312 g/mol. The van der Waals surface area contributed by atoms with Crippen molar-refractivity contribution < 1.29 is 14.3 Å². The highest BCUT2D eigenvalue weighted by molar-refractivity contribution is 5.92. The molecule has 0 fully saturated rings. The lowest BCUT2D eigenvalue weighted by Crippen LogP contribution is -2.24. The van der Waals surface area contributed by atoms with E-state index in [9.17, 15) is 4.79 Å². The zero-order valence-electron chi connectivity index (χ0n) is 12.4. The second-order valence-corrected chi connectivity index (χ2v) is 4.83. The number of ether oxygens (including phenoxy) is 2. The molecule has 2 N–H and O–H groups in total. The van der Waals surface area contributed by atoms with Crippen LogP contribution in [0.1, 0.15) is 16.1 Å². The van der Waals surface area contributed by atoms with Gasteiger partial charge in [0.2, 0.25) is 6.79 Å². The van der Waals surface area contributed by atoms with Crippen LogP contribution in [0.15, 0.2) is 43.2 Å². The number of amides is 1. The number of fused-ring (bicyclic) bond motifs is 1. The summed E-state index contributed by atoms with van der Waals surface area (Å²) in [6, 6.07) is 7.33. The second kappa shape index (κ2) is 6.78. The van der Waals surface area contributed by atoms with Gasteiger partial charge in [-0.2, -0.15) is 0 Å².